The van der Waals surface area contributed by atoms with E-state index in [0.29, 0.717) is 16.7 Å². The van der Waals surface area contributed by atoms with Crippen LogP contribution in [-0.4, -0.2) is 19.4 Å². The minimum absolute atomic E-state index is 0.538. The summed E-state index contributed by atoms with van der Waals surface area (Å²) in [6.45, 7) is 11.2. The maximum absolute atomic E-state index is 8.25. The third-order valence-electron chi connectivity index (χ3n) is 11.1. The lowest BCUT2D eigenvalue weighted by molar-refractivity contribution is -0.105. The first kappa shape index (κ1) is 22.8. The van der Waals surface area contributed by atoms with E-state index in [2.05, 4.69) is 27.7 Å². The van der Waals surface area contributed by atoms with Crippen LogP contribution in [0.1, 0.15) is 105 Å². The Balaban J connectivity index is 1.41. The fourth-order valence-electron chi connectivity index (χ4n) is 9.41. The molecule has 0 aromatic carbocycles. The number of methoxy groups -OCH3 is 1. The van der Waals surface area contributed by atoms with Gasteiger partial charge < -0.3 is 10.1 Å². The fourth-order valence-corrected chi connectivity index (χ4v) is 9.41. The summed E-state index contributed by atoms with van der Waals surface area (Å²) in [5.74, 6) is 6.27. The first-order valence-corrected chi connectivity index (χ1v) is 13.3. The van der Waals surface area contributed by atoms with Gasteiger partial charge in [0.25, 0.3) is 0 Å². The zero-order chi connectivity index (χ0) is 21.5. The molecule has 4 aliphatic carbocycles. The Bertz CT molecular complexity index is 616. The van der Waals surface area contributed by atoms with Gasteiger partial charge in [-0.05, 0) is 116 Å². The summed E-state index contributed by atoms with van der Waals surface area (Å²) in [5, 5.41) is 8.25. The van der Waals surface area contributed by atoms with Crippen LogP contribution in [0, 0.1) is 57.7 Å². The third-order valence-corrected chi connectivity index (χ3v) is 11.1. The molecule has 2 heteroatoms. The molecule has 0 aromatic rings. The Kier molecular flexibility index (Phi) is 6.75. The standard InChI is InChI=1S/C28H49NO/c1-19(18-30-5)7-6-8-20(2)24-11-12-25-23-10-9-21-17-22(29)13-15-27(21,3)26(23)14-16-28(24,25)4/h19-21,23-26,29H,6-18H2,1-5H3/t19?,20-,21?,23+,24-,25+,26+,27+,28-/m1/s1. The van der Waals surface area contributed by atoms with Crippen LogP contribution < -0.4 is 0 Å². The molecule has 1 N–H and O–H groups in total. The average molecular weight is 416 g/mol. The maximum atomic E-state index is 8.25. The van der Waals surface area contributed by atoms with Crippen LogP contribution in [0.3, 0.4) is 0 Å². The Labute approximate surface area is 186 Å². The summed E-state index contributed by atoms with van der Waals surface area (Å²) in [5.41, 5.74) is 2.19. The molecule has 4 fully saturated rings. The zero-order valence-corrected chi connectivity index (χ0v) is 20.6. The quantitative estimate of drug-likeness (QED) is 0.453. The van der Waals surface area contributed by atoms with E-state index < -0.39 is 0 Å². The first-order valence-electron chi connectivity index (χ1n) is 13.3. The van der Waals surface area contributed by atoms with Crippen molar-refractivity contribution in [3.8, 4) is 0 Å². The average Bonchev–Trinajstić information content (AvgIpc) is 3.06. The lowest BCUT2D eigenvalue weighted by atomic mass is 9.44. The van der Waals surface area contributed by atoms with Gasteiger partial charge in [-0.1, -0.05) is 40.5 Å². The SMILES string of the molecule is COCC(C)CCC[C@@H](C)[C@H]1CC[C@H]2[C@@H]3CCC4CC(=N)CC[C@]4(C)[C@H]3CC[C@]12C. The van der Waals surface area contributed by atoms with Gasteiger partial charge in [-0.25, -0.2) is 0 Å². The normalized spacial score (nSPS) is 45.4. The summed E-state index contributed by atoms with van der Waals surface area (Å²) in [7, 11) is 1.83. The van der Waals surface area contributed by atoms with Gasteiger partial charge >= 0.3 is 0 Å². The molecular weight excluding hydrogens is 366 g/mol. The summed E-state index contributed by atoms with van der Waals surface area (Å²) in [4.78, 5) is 0. The Morgan fingerprint density at radius 2 is 1.73 bits per heavy atom. The van der Waals surface area contributed by atoms with Crippen LogP contribution in [-0.2, 0) is 4.74 Å². The van der Waals surface area contributed by atoms with Gasteiger partial charge in [-0.2, -0.15) is 0 Å². The predicted molar refractivity (Wildman–Crippen MR) is 127 cm³/mol. The molecule has 0 radical (unpaired) electrons. The number of hydrogen-bond acceptors (Lipinski definition) is 2. The molecule has 2 unspecified atom stereocenters. The number of hydrogen-bond donors (Lipinski definition) is 1. The minimum atomic E-state index is 0.538. The molecule has 4 aliphatic rings. The highest BCUT2D eigenvalue weighted by Gasteiger charge is 2.60. The highest BCUT2D eigenvalue weighted by molar-refractivity contribution is 5.82. The smallest absolute Gasteiger partial charge is 0.0487 e. The Morgan fingerprint density at radius 3 is 2.50 bits per heavy atom. The minimum Gasteiger partial charge on any atom is -0.384 e. The van der Waals surface area contributed by atoms with Gasteiger partial charge in [0.2, 0.25) is 0 Å². The van der Waals surface area contributed by atoms with Crippen molar-refractivity contribution in [2.75, 3.05) is 13.7 Å². The van der Waals surface area contributed by atoms with Crippen LogP contribution in [0.15, 0.2) is 0 Å². The topological polar surface area (TPSA) is 33.1 Å². The van der Waals surface area contributed by atoms with Crippen molar-refractivity contribution < 1.29 is 4.74 Å². The third kappa shape index (κ3) is 3.93. The lowest BCUT2D eigenvalue weighted by Gasteiger charge is -2.60. The van der Waals surface area contributed by atoms with Crippen molar-refractivity contribution >= 4 is 5.71 Å². The van der Waals surface area contributed by atoms with Crippen LogP contribution in [0.5, 0.6) is 0 Å². The van der Waals surface area contributed by atoms with E-state index in [1.54, 1.807) is 0 Å². The molecule has 0 spiro atoms. The molecule has 0 heterocycles. The summed E-state index contributed by atoms with van der Waals surface area (Å²) in [6, 6.07) is 0. The van der Waals surface area contributed by atoms with Crippen LogP contribution in [0.25, 0.3) is 0 Å². The maximum Gasteiger partial charge on any atom is 0.0487 e. The number of fused-ring (bicyclic) bond motifs is 5. The fraction of sp³-hybridized carbons (Fsp3) is 0.964. The molecule has 4 saturated carbocycles. The molecule has 0 saturated heterocycles. The summed E-state index contributed by atoms with van der Waals surface area (Å²) >= 11 is 0. The molecule has 2 nitrogen and oxygen atoms in total. The number of rotatable bonds is 7. The summed E-state index contributed by atoms with van der Waals surface area (Å²) < 4.78 is 5.34. The van der Waals surface area contributed by atoms with Crippen LogP contribution >= 0.6 is 0 Å². The largest absolute Gasteiger partial charge is 0.384 e. The van der Waals surface area contributed by atoms with Crippen molar-refractivity contribution in [3.63, 3.8) is 0 Å². The van der Waals surface area contributed by atoms with Crippen molar-refractivity contribution in [1.29, 1.82) is 5.41 Å². The van der Waals surface area contributed by atoms with Gasteiger partial charge in [-0.15, -0.1) is 0 Å². The second-order valence-corrected chi connectivity index (χ2v) is 12.7. The van der Waals surface area contributed by atoms with Crippen LogP contribution in [0.4, 0.5) is 0 Å². The number of ether oxygens (including phenoxy) is 1. The van der Waals surface area contributed by atoms with E-state index in [0.717, 1.165) is 60.7 Å². The zero-order valence-electron chi connectivity index (χ0n) is 20.6. The molecule has 172 valence electrons. The molecule has 0 aromatic heterocycles. The van der Waals surface area contributed by atoms with E-state index in [4.69, 9.17) is 10.1 Å². The molecule has 0 amide bonds. The second-order valence-electron chi connectivity index (χ2n) is 12.7. The molecule has 9 atom stereocenters. The van der Waals surface area contributed by atoms with Crippen molar-refractivity contribution in [2.45, 2.75) is 105 Å². The molecule has 0 bridgehead atoms. The summed E-state index contributed by atoms with van der Waals surface area (Å²) in [6.07, 6.45) is 16.4. The highest BCUT2D eigenvalue weighted by atomic mass is 16.5. The molecule has 0 aliphatic heterocycles. The van der Waals surface area contributed by atoms with Gasteiger partial charge in [0.05, 0.1) is 0 Å². The van der Waals surface area contributed by atoms with Crippen molar-refractivity contribution in [2.24, 2.45) is 52.3 Å². The Morgan fingerprint density at radius 1 is 0.967 bits per heavy atom. The predicted octanol–water partition coefficient (Wildman–Crippen LogP) is 7.75. The molecule has 30 heavy (non-hydrogen) atoms. The van der Waals surface area contributed by atoms with E-state index in [1.165, 1.54) is 64.2 Å². The van der Waals surface area contributed by atoms with Crippen LogP contribution in [0.2, 0.25) is 0 Å². The van der Waals surface area contributed by atoms with Crippen molar-refractivity contribution in [3.05, 3.63) is 0 Å². The number of nitrogens with one attached hydrogen (secondary N) is 1. The lowest BCUT2D eigenvalue weighted by Crippen LogP contribution is -2.53. The van der Waals surface area contributed by atoms with Gasteiger partial charge in [0, 0.05) is 19.4 Å². The van der Waals surface area contributed by atoms with E-state index >= 15 is 0 Å². The van der Waals surface area contributed by atoms with E-state index in [9.17, 15) is 0 Å². The molecule has 4 rings (SSSR count). The van der Waals surface area contributed by atoms with E-state index in [1.807, 2.05) is 7.11 Å². The Hall–Kier alpha value is -0.370. The van der Waals surface area contributed by atoms with Crippen molar-refractivity contribution in [1.82, 2.24) is 0 Å². The second kappa shape index (κ2) is 8.87. The van der Waals surface area contributed by atoms with E-state index in [-0.39, 0.29) is 0 Å². The molecular formula is C28H49NO. The van der Waals surface area contributed by atoms with Gasteiger partial charge in [0.15, 0.2) is 0 Å². The highest BCUT2D eigenvalue weighted by Crippen LogP contribution is 2.68. The first-order chi connectivity index (χ1) is 14.3. The van der Waals surface area contributed by atoms with Gasteiger partial charge in [-0.3, -0.25) is 0 Å². The monoisotopic (exact) mass is 415 g/mol. The van der Waals surface area contributed by atoms with Gasteiger partial charge in [0.1, 0.15) is 0 Å².